The van der Waals surface area contributed by atoms with Crippen LogP contribution in [0.4, 0.5) is 13.2 Å². The number of halogens is 4. The van der Waals surface area contributed by atoms with E-state index in [-0.39, 0.29) is 6.54 Å². The molecule has 4 aromatic rings. The number of amides is 1. The van der Waals surface area contributed by atoms with Crippen molar-refractivity contribution >= 4 is 34.6 Å². The largest absolute Gasteiger partial charge is 0.492 e. The highest BCUT2D eigenvalue weighted by atomic mass is 35.5. The topological polar surface area (TPSA) is 55.6 Å². The van der Waals surface area contributed by atoms with Crippen LogP contribution in [0.25, 0.3) is 10.9 Å². The number of unbranched alkanes of at least 4 members (excludes halogenated alkanes) is 1. The number of nitrogens with zero attached hydrogens (tertiary/aromatic N) is 2. The number of nitrogens with one attached hydrogen (secondary N) is 1. The summed E-state index contributed by atoms with van der Waals surface area (Å²) >= 11 is 6.25. The zero-order valence-electron chi connectivity index (χ0n) is 21.0. The predicted molar refractivity (Wildman–Crippen MR) is 144 cm³/mol. The number of benzene rings is 3. The lowest BCUT2D eigenvalue weighted by Crippen LogP contribution is -2.17. The van der Waals surface area contributed by atoms with Crippen LogP contribution in [0, 0.1) is 6.92 Å². The van der Waals surface area contributed by atoms with Gasteiger partial charge in [0.25, 0.3) is 5.91 Å². The number of fused-ring (bicyclic) bond motifs is 1. The number of carbonyl (C=O) groups is 1. The molecule has 0 unspecified atom stereocenters. The second kappa shape index (κ2) is 11.7. The van der Waals surface area contributed by atoms with E-state index in [1.165, 1.54) is 18.3 Å². The molecule has 0 aliphatic carbocycles. The van der Waals surface area contributed by atoms with Gasteiger partial charge in [-0.15, -0.1) is 0 Å². The van der Waals surface area contributed by atoms with E-state index in [9.17, 15) is 18.0 Å². The van der Waals surface area contributed by atoms with Gasteiger partial charge < -0.3 is 9.30 Å². The molecule has 0 saturated carbocycles. The molecule has 1 heterocycles. The molecule has 1 aromatic heterocycles. The first-order chi connectivity index (χ1) is 18.2. The summed E-state index contributed by atoms with van der Waals surface area (Å²) in [5.41, 5.74) is 4.88. The van der Waals surface area contributed by atoms with Crippen LogP contribution in [0.1, 0.15) is 52.4 Å². The Morgan fingerprint density at radius 1 is 1.13 bits per heavy atom. The van der Waals surface area contributed by atoms with Gasteiger partial charge in [0.15, 0.2) is 0 Å². The fraction of sp³-hybridized carbons (Fsp3) is 0.241. The van der Waals surface area contributed by atoms with Gasteiger partial charge in [-0.25, -0.2) is 5.43 Å². The zero-order chi connectivity index (χ0) is 27.3. The van der Waals surface area contributed by atoms with Crippen molar-refractivity contribution in [3.05, 3.63) is 99.7 Å². The van der Waals surface area contributed by atoms with E-state index in [4.69, 9.17) is 16.3 Å². The van der Waals surface area contributed by atoms with Crippen LogP contribution in [0.5, 0.6) is 5.75 Å². The SMILES string of the molecule is CCCCOc1ccc(C(=O)N/N=C/c2cccc3c2ccn3Cc2cc(C)cc(C(F)(F)F)c2)cc1Cl. The van der Waals surface area contributed by atoms with Gasteiger partial charge in [-0.1, -0.05) is 48.7 Å². The van der Waals surface area contributed by atoms with Crippen LogP contribution >= 0.6 is 11.6 Å². The number of aryl methyl sites for hydroxylation is 1. The average Bonchev–Trinajstić information content (AvgIpc) is 3.27. The van der Waals surface area contributed by atoms with E-state index < -0.39 is 17.6 Å². The molecule has 3 aromatic carbocycles. The first-order valence-electron chi connectivity index (χ1n) is 12.2. The fourth-order valence-electron chi connectivity index (χ4n) is 4.12. The Morgan fingerprint density at radius 2 is 1.95 bits per heavy atom. The predicted octanol–water partition coefficient (Wildman–Crippen LogP) is 7.61. The number of hydrogen-bond donors (Lipinski definition) is 1. The monoisotopic (exact) mass is 541 g/mol. The van der Waals surface area contributed by atoms with Crippen molar-refractivity contribution in [2.75, 3.05) is 6.61 Å². The maximum absolute atomic E-state index is 13.2. The van der Waals surface area contributed by atoms with Gasteiger partial charge in [0.05, 0.1) is 23.4 Å². The number of aromatic nitrogens is 1. The lowest BCUT2D eigenvalue weighted by Gasteiger charge is -2.12. The van der Waals surface area contributed by atoms with E-state index in [2.05, 4.69) is 17.5 Å². The Kier molecular flexibility index (Phi) is 8.42. The molecule has 1 N–H and O–H groups in total. The summed E-state index contributed by atoms with van der Waals surface area (Å²) in [6.07, 6.45) is 0.868. The summed E-state index contributed by atoms with van der Waals surface area (Å²) in [7, 11) is 0. The molecule has 0 bridgehead atoms. The minimum atomic E-state index is -4.40. The Hall–Kier alpha value is -3.78. The van der Waals surface area contributed by atoms with E-state index in [0.29, 0.717) is 34.1 Å². The number of ether oxygens (including phenoxy) is 1. The van der Waals surface area contributed by atoms with Crippen LogP contribution in [0.15, 0.2) is 72.0 Å². The highest BCUT2D eigenvalue weighted by Gasteiger charge is 2.30. The molecule has 5 nitrogen and oxygen atoms in total. The highest BCUT2D eigenvalue weighted by Crippen LogP contribution is 2.31. The van der Waals surface area contributed by atoms with Crippen LogP contribution in [0.3, 0.4) is 0 Å². The zero-order valence-corrected chi connectivity index (χ0v) is 21.7. The van der Waals surface area contributed by atoms with Gasteiger partial charge in [-0.05, 0) is 61.4 Å². The fourth-order valence-corrected chi connectivity index (χ4v) is 4.36. The van der Waals surface area contributed by atoms with Gasteiger partial charge >= 0.3 is 6.18 Å². The maximum atomic E-state index is 13.2. The minimum Gasteiger partial charge on any atom is -0.492 e. The normalized spacial score (nSPS) is 11.8. The van der Waals surface area contributed by atoms with Crippen molar-refractivity contribution in [2.24, 2.45) is 5.10 Å². The van der Waals surface area contributed by atoms with Crippen molar-refractivity contribution in [2.45, 2.75) is 39.4 Å². The number of hydrogen-bond acceptors (Lipinski definition) is 3. The third-order valence-electron chi connectivity index (χ3n) is 5.98. The van der Waals surface area contributed by atoms with Crippen molar-refractivity contribution in [1.29, 1.82) is 0 Å². The Labute approximate surface area is 223 Å². The molecule has 0 atom stereocenters. The second-order valence-corrected chi connectivity index (χ2v) is 9.38. The third kappa shape index (κ3) is 6.55. The van der Waals surface area contributed by atoms with Gasteiger partial charge in [-0.2, -0.15) is 18.3 Å². The summed E-state index contributed by atoms with van der Waals surface area (Å²) in [5.74, 6) is 0.101. The van der Waals surface area contributed by atoms with Crippen molar-refractivity contribution in [3.8, 4) is 5.75 Å². The van der Waals surface area contributed by atoms with E-state index in [1.807, 2.05) is 35.0 Å². The van der Waals surface area contributed by atoms with Crippen LogP contribution in [0.2, 0.25) is 5.02 Å². The summed E-state index contributed by atoms with van der Waals surface area (Å²) in [5, 5.41) is 5.29. The Balaban J connectivity index is 1.47. The average molecular weight is 542 g/mol. The van der Waals surface area contributed by atoms with Gasteiger partial charge in [0.2, 0.25) is 0 Å². The molecule has 4 rings (SSSR count). The molecule has 0 spiro atoms. The number of hydrazone groups is 1. The summed E-state index contributed by atoms with van der Waals surface area (Å²) in [6, 6.07) is 16.3. The maximum Gasteiger partial charge on any atom is 0.416 e. The van der Waals surface area contributed by atoms with Crippen LogP contribution in [-0.4, -0.2) is 23.3 Å². The Bertz CT molecular complexity index is 1480. The molecule has 9 heteroatoms. The summed E-state index contributed by atoms with van der Waals surface area (Å²) < 4.78 is 47.2. The lowest BCUT2D eigenvalue weighted by atomic mass is 10.1. The van der Waals surface area contributed by atoms with Gasteiger partial charge in [-0.3, -0.25) is 4.79 Å². The quantitative estimate of drug-likeness (QED) is 0.135. The smallest absolute Gasteiger partial charge is 0.416 e. The first-order valence-corrected chi connectivity index (χ1v) is 12.5. The molecule has 1 amide bonds. The molecule has 0 saturated heterocycles. The molecule has 0 aliphatic rings. The van der Waals surface area contributed by atoms with Crippen LogP contribution < -0.4 is 10.2 Å². The lowest BCUT2D eigenvalue weighted by molar-refractivity contribution is -0.137. The highest BCUT2D eigenvalue weighted by molar-refractivity contribution is 6.32. The van der Waals surface area contributed by atoms with E-state index >= 15 is 0 Å². The first kappa shape index (κ1) is 27.3. The van der Waals surface area contributed by atoms with E-state index in [0.717, 1.165) is 35.4 Å². The molecular weight excluding hydrogens is 515 g/mol. The minimum absolute atomic E-state index is 0.282. The summed E-state index contributed by atoms with van der Waals surface area (Å²) in [6.45, 7) is 4.55. The second-order valence-electron chi connectivity index (χ2n) is 8.98. The number of rotatable bonds is 9. The molecule has 198 valence electrons. The summed E-state index contributed by atoms with van der Waals surface area (Å²) in [4.78, 5) is 12.5. The van der Waals surface area contributed by atoms with Gasteiger partial charge in [0.1, 0.15) is 5.75 Å². The molecule has 0 radical (unpaired) electrons. The third-order valence-corrected chi connectivity index (χ3v) is 6.28. The number of carbonyl (C=O) groups excluding carboxylic acids is 1. The Morgan fingerprint density at radius 3 is 2.68 bits per heavy atom. The van der Waals surface area contributed by atoms with Gasteiger partial charge in [0, 0.05) is 34.8 Å². The standard InChI is InChI=1S/C29H27ClF3N3O2/c1-3-4-12-38-27-9-8-21(16-25(27)30)28(37)35-34-17-22-6-5-7-26-24(22)10-11-36(26)18-20-13-19(2)14-23(15-20)29(31,32)33/h5-11,13-17H,3-4,12,18H2,1-2H3,(H,35,37)/b34-17+. The van der Waals surface area contributed by atoms with Crippen molar-refractivity contribution < 1.29 is 22.7 Å². The molecule has 0 aliphatic heterocycles. The van der Waals surface area contributed by atoms with Crippen molar-refractivity contribution in [3.63, 3.8) is 0 Å². The molecular formula is C29H27ClF3N3O2. The van der Waals surface area contributed by atoms with E-state index in [1.54, 1.807) is 25.1 Å². The number of alkyl halides is 3. The van der Waals surface area contributed by atoms with Crippen molar-refractivity contribution in [1.82, 2.24) is 9.99 Å². The van der Waals surface area contributed by atoms with Crippen LogP contribution in [-0.2, 0) is 12.7 Å². The molecule has 38 heavy (non-hydrogen) atoms. The molecule has 0 fully saturated rings.